The molecular weight excluding hydrogens is 476 g/mol. The highest BCUT2D eigenvalue weighted by Crippen LogP contribution is 2.42. The van der Waals surface area contributed by atoms with E-state index in [0.29, 0.717) is 61.3 Å². The number of aliphatic hydroxyl groups is 1. The molecule has 37 heavy (non-hydrogen) atoms. The fraction of sp³-hybridized carbons (Fsp3) is 0.429. The van der Waals surface area contributed by atoms with Crippen molar-refractivity contribution in [1.82, 2.24) is 9.80 Å². The molecule has 0 spiro atoms. The van der Waals surface area contributed by atoms with Crippen LogP contribution in [-0.4, -0.2) is 86.8 Å². The molecule has 2 aliphatic rings. The van der Waals surface area contributed by atoms with Crippen LogP contribution < -0.4 is 14.2 Å². The maximum atomic E-state index is 13.4. The molecule has 1 amide bonds. The van der Waals surface area contributed by atoms with Crippen molar-refractivity contribution in [3.8, 4) is 17.2 Å². The van der Waals surface area contributed by atoms with E-state index in [1.54, 1.807) is 49.6 Å². The zero-order valence-electron chi connectivity index (χ0n) is 21.6. The molecule has 0 aromatic heterocycles. The second-order valence-corrected chi connectivity index (χ2v) is 8.94. The van der Waals surface area contributed by atoms with Gasteiger partial charge in [0.1, 0.15) is 11.5 Å². The van der Waals surface area contributed by atoms with Crippen molar-refractivity contribution >= 4 is 17.4 Å². The van der Waals surface area contributed by atoms with Crippen LogP contribution in [0, 0.1) is 0 Å². The number of morpholine rings is 1. The summed E-state index contributed by atoms with van der Waals surface area (Å²) in [6.45, 7) is 6.22. The number of methoxy groups -OCH3 is 2. The minimum absolute atomic E-state index is 0.0341. The Morgan fingerprint density at radius 3 is 2.49 bits per heavy atom. The smallest absolute Gasteiger partial charge is 0.295 e. The van der Waals surface area contributed by atoms with E-state index >= 15 is 0 Å². The van der Waals surface area contributed by atoms with Crippen LogP contribution in [0.25, 0.3) is 5.76 Å². The highest BCUT2D eigenvalue weighted by molar-refractivity contribution is 6.46. The van der Waals surface area contributed by atoms with E-state index in [4.69, 9.17) is 18.9 Å². The Kier molecular flexibility index (Phi) is 8.68. The normalized spacial score (nSPS) is 19.8. The molecule has 2 saturated heterocycles. The number of rotatable bonds is 10. The van der Waals surface area contributed by atoms with Gasteiger partial charge in [-0.2, -0.15) is 0 Å². The monoisotopic (exact) mass is 510 g/mol. The maximum Gasteiger partial charge on any atom is 0.295 e. The first-order valence-corrected chi connectivity index (χ1v) is 12.5. The van der Waals surface area contributed by atoms with Crippen molar-refractivity contribution in [3.63, 3.8) is 0 Å². The first-order chi connectivity index (χ1) is 18.0. The summed E-state index contributed by atoms with van der Waals surface area (Å²) in [5.41, 5.74) is 1.08. The Hall–Kier alpha value is -3.56. The number of hydrogen-bond donors (Lipinski definition) is 1. The summed E-state index contributed by atoms with van der Waals surface area (Å²) in [5.74, 6) is -0.0396. The van der Waals surface area contributed by atoms with Crippen LogP contribution >= 0.6 is 0 Å². The fourth-order valence-electron chi connectivity index (χ4n) is 4.66. The van der Waals surface area contributed by atoms with Gasteiger partial charge in [0.25, 0.3) is 11.7 Å². The number of carbonyl (C=O) groups is 2. The number of carbonyl (C=O) groups excluding carboxylic acids is 2. The van der Waals surface area contributed by atoms with Gasteiger partial charge in [-0.3, -0.25) is 14.5 Å². The van der Waals surface area contributed by atoms with E-state index in [9.17, 15) is 14.7 Å². The number of aliphatic hydroxyl groups excluding tert-OH is 1. The van der Waals surface area contributed by atoms with E-state index in [1.807, 2.05) is 6.92 Å². The molecule has 0 aliphatic carbocycles. The standard InChI is InChI=1S/C28H34N2O7/c1-4-14-37-21-7-5-6-20(17-21)26(31)24-25(19-8-9-22(34-2)23(18-19)35-3)30(28(33)27(24)32)11-10-29-12-15-36-16-13-29/h5-9,17-18,25,31H,4,10-16H2,1-3H3. The van der Waals surface area contributed by atoms with Crippen LogP contribution in [-0.2, 0) is 14.3 Å². The van der Waals surface area contributed by atoms with Crippen molar-refractivity contribution in [1.29, 1.82) is 0 Å². The minimum Gasteiger partial charge on any atom is -0.507 e. The molecule has 2 fully saturated rings. The Labute approximate surface area is 217 Å². The summed E-state index contributed by atoms with van der Waals surface area (Å²) < 4.78 is 22.0. The van der Waals surface area contributed by atoms with Crippen molar-refractivity contribution < 1.29 is 33.6 Å². The molecule has 198 valence electrons. The van der Waals surface area contributed by atoms with Gasteiger partial charge < -0.3 is 29.0 Å². The van der Waals surface area contributed by atoms with Gasteiger partial charge in [0.2, 0.25) is 0 Å². The number of Topliss-reactive ketones (excluding diaryl/α,β-unsaturated/α-hetero) is 1. The van der Waals surface area contributed by atoms with Gasteiger partial charge in [0, 0.05) is 31.7 Å². The zero-order chi connectivity index (χ0) is 26.4. The molecule has 2 aromatic carbocycles. The van der Waals surface area contributed by atoms with Gasteiger partial charge >= 0.3 is 0 Å². The van der Waals surface area contributed by atoms with Crippen LogP contribution in [0.5, 0.6) is 17.2 Å². The summed E-state index contributed by atoms with van der Waals surface area (Å²) in [5, 5.41) is 11.4. The van der Waals surface area contributed by atoms with E-state index in [-0.39, 0.29) is 11.3 Å². The molecule has 9 nitrogen and oxygen atoms in total. The van der Waals surface area contributed by atoms with Gasteiger partial charge in [-0.1, -0.05) is 25.1 Å². The topological polar surface area (TPSA) is 97.8 Å². The lowest BCUT2D eigenvalue weighted by atomic mass is 9.95. The quantitative estimate of drug-likeness (QED) is 0.296. The highest BCUT2D eigenvalue weighted by atomic mass is 16.5. The maximum absolute atomic E-state index is 13.4. The summed E-state index contributed by atoms with van der Waals surface area (Å²) in [6.07, 6.45) is 0.837. The van der Waals surface area contributed by atoms with E-state index in [2.05, 4.69) is 4.90 Å². The number of nitrogens with zero attached hydrogens (tertiary/aromatic N) is 2. The number of amides is 1. The molecule has 1 N–H and O–H groups in total. The number of ether oxygens (including phenoxy) is 4. The molecule has 4 rings (SSSR count). The predicted octanol–water partition coefficient (Wildman–Crippen LogP) is 3.25. The van der Waals surface area contributed by atoms with E-state index < -0.39 is 17.7 Å². The molecule has 2 aromatic rings. The van der Waals surface area contributed by atoms with Crippen LogP contribution in [0.15, 0.2) is 48.0 Å². The largest absolute Gasteiger partial charge is 0.507 e. The van der Waals surface area contributed by atoms with Gasteiger partial charge in [-0.15, -0.1) is 0 Å². The van der Waals surface area contributed by atoms with Crippen LogP contribution in [0.2, 0.25) is 0 Å². The summed E-state index contributed by atoms with van der Waals surface area (Å²) in [4.78, 5) is 30.4. The Balaban J connectivity index is 1.76. The van der Waals surface area contributed by atoms with Gasteiger partial charge in [-0.25, -0.2) is 0 Å². The minimum atomic E-state index is -0.791. The van der Waals surface area contributed by atoms with E-state index in [0.717, 1.165) is 19.5 Å². The molecule has 9 heteroatoms. The molecule has 1 unspecified atom stereocenters. The van der Waals surface area contributed by atoms with Crippen molar-refractivity contribution in [2.24, 2.45) is 0 Å². The second-order valence-electron chi connectivity index (χ2n) is 8.94. The lowest BCUT2D eigenvalue weighted by Crippen LogP contribution is -2.42. The predicted molar refractivity (Wildman–Crippen MR) is 138 cm³/mol. The molecule has 2 heterocycles. The van der Waals surface area contributed by atoms with E-state index in [1.165, 1.54) is 12.0 Å². The van der Waals surface area contributed by atoms with Crippen molar-refractivity contribution in [2.75, 3.05) is 60.2 Å². The third-order valence-electron chi connectivity index (χ3n) is 6.60. The second kappa shape index (κ2) is 12.1. The Bertz CT molecular complexity index is 1160. The molecule has 0 saturated carbocycles. The number of benzene rings is 2. The van der Waals surface area contributed by atoms with Crippen LogP contribution in [0.4, 0.5) is 0 Å². The lowest BCUT2D eigenvalue weighted by molar-refractivity contribution is -0.140. The number of ketones is 1. The molecule has 1 atom stereocenters. The molecular formula is C28H34N2O7. The van der Waals surface area contributed by atoms with Gasteiger partial charge in [0.15, 0.2) is 11.5 Å². The third kappa shape index (κ3) is 5.73. The Morgan fingerprint density at radius 1 is 1.03 bits per heavy atom. The molecule has 0 bridgehead atoms. The Morgan fingerprint density at radius 2 is 1.78 bits per heavy atom. The van der Waals surface area contributed by atoms with Crippen molar-refractivity contribution in [2.45, 2.75) is 19.4 Å². The molecule has 0 radical (unpaired) electrons. The first kappa shape index (κ1) is 26.5. The third-order valence-corrected chi connectivity index (χ3v) is 6.60. The average Bonchev–Trinajstić information content (AvgIpc) is 3.19. The van der Waals surface area contributed by atoms with Gasteiger partial charge in [0.05, 0.1) is 45.7 Å². The summed E-state index contributed by atoms with van der Waals surface area (Å²) in [6, 6.07) is 11.4. The SMILES string of the molecule is CCCOc1cccc(C(O)=C2C(=O)C(=O)N(CCN3CCOCC3)C2c2ccc(OC)c(OC)c2)c1. The zero-order valence-corrected chi connectivity index (χ0v) is 21.6. The number of hydrogen-bond acceptors (Lipinski definition) is 8. The summed E-state index contributed by atoms with van der Waals surface area (Å²) in [7, 11) is 3.07. The summed E-state index contributed by atoms with van der Waals surface area (Å²) >= 11 is 0. The fourth-order valence-corrected chi connectivity index (χ4v) is 4.66. The average molecular weight is 511 g/mol. The highest BCUT2D eigenvalue weighted by Gasteiger charge is 2.46. The van der Waals surface area contributed by atoms with Crippen LogP contribution in [0.1, 0.15) is 30.5 Å². The molecule has 2 aliphatic heterocycles. The first-order valence-electron chi connectivity index (χ1n) is 12.5. The van der Waals surface area contributed by atoms with Crippen LogP contribution in [0.3, 0.4) is 0 Å². The number of likely N-dealkylation sites (tertiary alicyclic amines) is 1. The van der Waals surface area contributed by atoms with Gasteiger partial charge in [-0.05, 0) is 36.2 Å². The van der Waals surface area contributed by atoms with Crippen molar-refractivity contribution in [3.05, 3.63) is 59.2 Å². The lowest BCUT2D eigenvalue weighted by Gasteiger charge is -2.31.